The van der Waals surface area contributed by atoms with Crippen LogP contribution in [0, 0.1) is 0 Å². The molecule has 0 spiro atoms. The fraction of sp³-hybridized carbons (Fsp3) is 0.263. The number of rotatable bonds is 8. The third kappa shape index (κ3) is 5.81. The smallest absolute Gasteiger partial charge is 0.191 e. The lowest BCUT2D eigenvalue weighted by atomic mass is 10.2. The normalized spacial score (nSPS) is 11.1. The first-order valence-corrected chi connectivity index (χ1v) is 11.6. The van der Waals surface area contributed by atoms with Gasteiger partial charge in [0.25, 0.3) is 0 Å². The molecule has 2 aromatic carbocycles. The van der Waals surface area contributed by atoms with E-state index in [4.69, 9.17) is 34.8 Å². The number of hydrogen-bond donors (Lipinski definition) is 0. The van der Waals surface area contributed by atoms with Crippen LogP contribution in [0.2, 0.25) is 15.1 Å². The van der Waals surface area contributed by atoms with Gasteiger partial charge in [-0.05, 0) is 42.3 Å². The number of nitrogens with zero attached hydrogens (tertiary/aromatic N) is 3. The summed E-state index contributed by atoms with van der Waals surface area (Å²) in [5.41, 5.74) is 2.36. The lowest BCUT2D eigenvalue weighted by Gasteiger charge is -2.08. The molecular weight excluding hydrogens is 441 g/mol. The molecule has 0 amide bonds. The molecule has 0 bridgehead atoms. The number of benzene rings is 2. The van der Waals surface area contributed by atoms with E-state index >= 15 is 0 Å². The third-order valence-corrected chi connectivity index (χ3v) is 6.90. The Hall–Kier alpha value is -0.850. The van der Waals surface area contributed by atoms with Gasteiger partial charge in [0.1, 0.15) is 5.82 Å². The molecule has 3 aromatic rings. The number of aromatic nitrogens is 3. The van der Waals surface area contributed by atoms with Crippen LogP contribution in [0.1, 0.15) is 23.9 Å². The Kier molecular flexibility index (Phi) is 7.79. The third-order valence-electron chi connectivity index (χ3n) is 3.87. The largest absolute Gasteiger partial charge is 0.306 e. The zero-order valence-electron chi connectivity index (χ0n) is 14.7. The van der Waals surface area contributed by atoms with Gasteiger partial charge in [0, 0.05) is 23.1 Å². The lowest BCUT2D eigenvalue weighted by molar-refractivity contribution is 0.659. The summed E-state index contributed by atoms with van der Waals surface area (Å²) in [6, 6.07) is 13.6. The first-order valence-electron chi connectivity index (χ1n) is 8.37. The average Bonchev–Trinajstić information content (AvgIpc) is 3.06. The highest BCUT2D eigenvalue weighted by Gasteiger charge is 2.12. The van der Waals surface area contributed by atoms with Crippen LogP contribution in [0.5, 0.6) is 0 Å². The molecule has 1 heterocycles. The van der Waals surface area contributed by atoms with Crippen LogP contribution in [0.15, 0.2) is 47.6 Å². The molecule has 0 atom stereocenters. The van der Waals surface area contributed by atoms with Gasteiger partial charge in [-0.3, -0.25) is 0 Å². The first-order chi connectivity index (χ1) is 13.1. The maximum atomic E-state index is 6.09. The molecule has 0 N–H and O–H groups in total. The molecule has 27 heavy (non-hydrogen) atoms. The summed E-state index contributed by atoms with van der Waals surface area (Å²) in [5, 5.41) is 11.6. The minimum Gasteiger partial charge on any atom is -0.306 e. The molecule has 142 valence electrons. The van der Waals surface area contributed by atoms with E-state index in [0.717, 1.165) is 45.4 Å². The number of halogens is 3. The Balaban J connectivity index is 1.58. The summed E-state index contributed by atoms with van der Waals surface area (Å²) >= 11 is 21.5. The highest BCUT2D eigenvalue weighted by Crippen LogP contribution is 2.28. The quantitative estimate of drug-likeness (QED) is 0.340. The Bertz CT molecular complexity index is 898. The van der Waals surface area contributed by atoms with Crippen LogP contribution in [0.3, 0.4) is 0 Å². The SMILES string of the molecule is CCn1c(CSCc2ccc(Cl)cc2)nnc1SCc1ccc(Cl)c(Cl)c1. The van der Waals surface area contributed by atoms with Gasteiger partial charge in [-0.1, -0.05) is 64.8 Å². The van der Waals surface area contributed by atoms with Gasteiger partial charge >= 0.3 is 0 Å². The summed E-state index contributed by atoms with van der Waals surface area (Å²) in [5.74, 6) is 3.50. The van der Waals surface area contributed by atoms with E-state index in [2.05, 4.69) is 33.8 Å². The average molecular weight is 459 g/mol. The molecule has 1 aromatic heterocycles. The van der Waals surface area contributed by atoms with E-state index in [-0.39, 0.29) is 0 Å². The zero-order chi connectivity index (χ0) is 19.2. The second kappa shape index (κ2) is 10.1. The van der Waals surface area contributed by atoms with Crippen molar-refractivity contribution in [2.24, 2.45) is 0 Å². The number of thioether (sulfide) groups is 2. The maximum absolute atomic E-state index is 6.09. The minimum absolute atomic E-state index is 0.571. The van der Waals surface area contributed by atoms with E-state index in [1.165, 1.54) is 5.56 Å². The van der Waals surface area contributed by atoms with Crippen LogP contribution >= 0.6 is 58.3 Å². The molecule has 3 nitrogen and oxygen atoms in total. The Morgan fingerprint density at radius 3 is 2.30 bits per heavy atom. The van der Waals surface area contributed by atoms with Crippen molar-refractivity contribution in [1.82, 2.24) is 14.8 Å². The van der Waals surface area contributed by atoms with Gasteiger partial charge in [0.05, 0.1) is 15.8 Å². The van der Waals surface area contributed by atoms with Crippen LogP contribution < -0.4 is 0 Å². The molecule has 0 unspecified atom stereocenters. The van der Waals surface area contributed by atoms with Crippen LogP contribution in [-0.2, 0) is 23.8 Å². The molecule has 8 heteroatoms. The molecule has 0 aliphatic carbocycles. The summed E-state index contributed by atoms with van der Waals surface area (Å²) in [6.07, 6.45) is 0. The van der Waals surface area contributed by atoms with Crippen molar-refractivity contribution in [3.63, 3.8) is 0 Å². The molecule has 0 fully saturated rings. The summed E-state index contributed by atoms with van der Waals surface area (Å²) in [7, 11) is 0. The van der Waals surface area contributed by atoms with Gasteiger partial charge in [0.15, 0.2) is 5.16 Å². The molecule has 3 rings (SSSR count). The second-order valence-electron chi connectivity index (χ2n) is 5.80. The van der Waals surface area contributed by atoms with Crippen molar-refractivity contribution < 1.29 is 0 Å². The summed E-state index contributed by atoms with van der Waals surface area (Å²) in [4.78, 5) is 0. The fourth-order valence-corrected chi connectivity index (χ4v) is 4.81. The van der Waals surface area contributed by atoms with Crippen LogP contribution in [0.4, 0.5) is 0 Å². The zero-order valence-corrected chi connectivity index (χ0v) is 18.6. The molecule has 0 aliphatic rings. The van der Waals surface area contributed by atoms with E-state index < -0.39 is 0 Å². The second-order valence-corrected chi connectivity index (χ2v) is 8.98. The summed E-state index contributed by atoms with van der Waals surface area (Å²) in [6.45, 7) is 2.95. The van der Waals surface area contributed by atoms with E-state index in [9.17, 15) is 0 Å². The molecule has 0 radical (unpaired) electrons. The van der Waals surface area contributed by atoms with Crippen molar-refractivity contribution in [2.45, 2.75) is 35.9 Å². The van der Waals surface area contributed by atoms with Crippen molar-refractivity contribution in [2.75, 3.05) is 0 Å². The predicted molar refractivity (Wildman–Crippen MR) is 118 cm³/mol. The molecule has 0 saturated carbocycles. The fourth-order valence-electron chi connectivity index (χ4n) is 2.47. The van der Waals surface area contributed by atoms with Gasteiger partial charge in [-0.15, -0.1) is 22.0 Å². The highest BCUT2D eigenvalue weighted by molar-refractivity contribution is 7.98. The van der Waals surface area contributed by atoms with Crippen molar-refractivity contribution in [1.29, 1.82) is 0 Å². The first kappa shape index (κ1) is 20.9. The topological polar surface area (TPSA) is 30.7 Å². The Morgan fingerprint density at radius 2 is 1.59 bits per heavy atom. The van der Waals surface area contributed by atoms with E-state index in [1.807, 2.05) is 42.1 Å². The molecular formula is C19H18Cl3N3S2. The standard InChI is InChI=1S/C19H18Cl3N3S2/c1-2-25-18(12-26-10-13-3-6-15(20)7-4-13)23-24-19(25)27-11-14-5-8-16(21)17(22)9-14/h3-9H,2,10-12H2,1H3. The molecule has 0 aliphatic heterocycles. The van der Waals surface area contributed by atoms with Gasteiger partial charge in [-0.25, -0.2) is 0 Å². The Morgan fingerprint density at radius 1 is 0.852 bits per heavy atom. The van der Waals surface area contributed by atoms with Crippen LogP contribution in [0.25, 0.3) is 0 Å². The van der Waals surface area contributed by atoms with Crippen molar-refractivity contribution >= 4 is 58.3 Å². The van der Waals surface area contributed by atoms with Crippen LogP contribution in [-0.4, -0.2) is 14.8 Å². The highest BCUT2D eigenvalue weighted by atomic mass is 35.5. The Labute approximate surface area is 182 Å². The van der Waals surface area contributed by atoms with Gasteiger partial charge in [0.2, 0.25) is 0 Å². The number of hydrogen-bond acceptors (Lipinski definition) is 4. The maximum Gasteiger partial charge on any atom is 0.191 e. The van der Waals surface area contributed by atoms with Gasteiger partial charge in [-0.2, -0.15) is 0 Å². The van der Waals surface area contributed by atoms with Crippen molar-refractivity contribution in [3.8, 4) is 0 Å². The van der Waals surface area contributed by atoms with Crippen molar-refractivity contribution in [3.05, 3.63) is 74.5 Å². The molecule has 0 saturated heterocycles. The van der Waals surface area contributed by atoms with E-state index in [1.54, 1.807) is 11.8 Å². The minimum atomic E-state index is 0.571. The predicted octanol–water partition coefficient (Wildman–Crippen LogP) is 6.98. The monoisotopic (exact) mass is 457 g/mol. The lowest BCUT2D eigenvalue weighted by Crippen LogP contribution is -2.02. The van der Waals surface area contributed by atoms with Gasteiger partial charge < -0.3 is 4.57 Å². The summed E-state index contributed by atoms with van der Waals surface area (Å²) < 4.78 is 2.16. The van der Waals surface area contributed by atoms with E-state index in [0.29, 0.717) is 10.0 Å².